The number of ether oxygens (including phenoxy) is 3. The third-order valence-electron chi connectivity index (χ3n) is 4.99. The maximum Gasteiger partial charge on any atom is 0.344 e. The normalized spacial score (nSPS) is 14.7. The van der Waals surface area contributed by atoms with E-state index in [0.29, 0.717) is 20.5 Å². The number of esters is 1. The summed E-state index contributed by atoms with van der Waals surface area (Å²) in [6.07, 6.45) is 1.70. The molecule has 1 saturated heterocycles. The Balaban J connectivity index is 1.63. The lowest BCUT2D eigenvalue weighted by Gasteiger charge is -2.17. The Morgan fingerprint density at radius 1 is 1.18 bits per heavy atom. The molecule has 3 aromatic rings. The fraction of sp³-hybridized carbons (Fsp3) is 0.160. The number of anilines is 1. The summed E-state index contributed by atoms with van der Waals surface area (Å²) >= 11 is 13.2. The minimum Gasteiger partial charge on any atom is -0.493 e. The van der Waals surface area contributed by atoms with Crippen LogP contribution in [-0.4, -0.2) is 36.5 Å². The van der Waals surface area contributed by atoms with E-state index in [-0.39, 0.29) is 29.9 Å². The quantitative estimate of drug-likeness (QED) is 0.223. The largest absolute Gasteiger partial charge is 0.493 e. The summed E-state index contributed by atoms with van der Waals surface area (Å²) in [6, 6.07) is 16.9. The SMILES string of the molecule is CCOC(=O)COc1c(Cl)cc(/C=C2/SC(=S)N(c3cccc4ccccc34)C2=O)cc1OC. The molecule has 1 heterocycles. The van der Waals surface area contributed by atoms with E-state index >= 15 is 0 Å². The van der Waals surface area contributed by atoms with Gasteiger partial charge < -0.3 is 14.2 Å². The number of benzene rings is 3. The van der Waals surface area contributed by atoms with E-state index in [4.69, 9.17) is 38.0 Å². The average molecular weight is 514 g/mol. The Morgan fingerprint density at radius 3 is 2.71 bits per heavy atom. The molecule has 1 fully saturated rings. The summed E-state index contributed by atoms with van der Waals surface area (Å²) in [5.41, 5.74) is 1.37. The molecule has 1 aliphatic rings. The first-order valence-electron chi connectivity index (χ1n) is 10.3. The summed E-state index contributed by atoms with van der Waals surface area (Å²) in [5, 5.41) is 2.20. The molecule has 0 atom stereocenters. The standard InChI is InChI=1S/C25H20ClNO5S2/c1-3-31-22(28)14-32-23-18(26)11-15(12-20(23)30-2)13-21-24(29)27(25(33)34-21)19-10-6-8-16-7-4-5-9-17(16)19/h4-13H,3,14H2,1-2H3/b21-13+. The van der Waals surface area contributed by atoms with Crippen LogP contribution in [0.25, 0.3) is 16.8 Å². The van der Waals surface area contributed by atoms with Gasteiger partial charge in [0.2, 0.25) is 0 Å². The number of nitrogens with zero attached hydrogens (tertiary/aromatic N) is 1. The third-order valence-corrected chi connectivity index (χ3v) is 6.57. The number of hydrogen-bond acceptors (Lipinski definition) is 7. The lowest BCUT2D eigenvalue weighted by molar-refractivity contribution is -0.145. The van der Waals surface area contributed by atoms with Crippen LogP contribution in [0.3, 0.4) is 0 Å². The zero-order valence-electron chi connectivity index (χ0n) is 18.4. The summed E-state index contributed by atoms with van der Waals surface area (Å²) in [4.78, 5) is 26.9. The summed E-state index contributed by atoms with van der Waals surface area (Å²) in [5.74, 6) is -0.184. The highest BCUT2D eigenvalue weighted by molar-refractivity contribution is 8.27. The van der Waals surface area contributed by atoms with Crippen molar-refractivity contribution in [3.8, 4) is 11.5 Å². The molecule has 3 aromatic carbocycles. The molecule has 0 radical (unpaired) electrons. The fourth-order valence-electron chi connectivity index (χ4n) is 3.53. The van der Waals surface area contributed by atoms with Crippen molar-refractivity contribution in [1.29, 1.82) is 0 Å². The van der Waals surface area contributed by atoms with E-state index in [0.717, 1.165) is 16.5 Å². The van der Waals surface area contributed by atoms with Gasteiger partial charge in [-0.05, 0) is 42.1 Å². The number of methoxy groups -OCH3 is 1. The van der Waals surface area contributed by atoms with Crippen LogP contribution in [0.15, 0.2) is 59.5 Å². The topological polar surface area (TPSA) is 65.1 Å². The minimum atomic E-state index is -0.512. The minimum absolute atomic E-state index is 0.218. The summed E-state index contributed by atoms with van der Waals surface area (Å²) in [6.45, 7) is 1.67. The Hall–Kier alpha value is -3.07. The number of rotatable bonds is 7. The molecule has 0 N–H and O–H groups in total. The number of carbonyl (C=O) groups is 2. The van der Waals surface area contributed by atoms with Crippen molar-refractivity contribution in [1.82, 2.24) is 0 Å². The van der Waals surface area contributed by atoms with Crippen LogP contribution >= 0.6 is 35.6 Å². The van der Waals surface area contributed by atoms with Gasteiger partial charge in [0, 0.05) is 5.39 Å². The van der Waals surface area contributed by atoms with Crippen molar-refractivity contribution in [2.24, 2.45) is 0 Å². The Morgan fingerprint density at radius 2 is 1.94 bits per heavy atom. The zero-order valence-corrected chi connectivity index (χ0v) is 20.8. The van der Waals surface area contributed by atoms with Gasteiger partial charge in [0.15, 0.2) is 22.4 Å². The second kappa shape index (κ2) is 10.5. The van der Waals surface area contributed by atoms with Gasteiger partial charge in [-0.1, -0.05) is 72.0 Å². The zero-order chi connectivity index (χ0) is 24.2. The second-order valence-electron chi connectivity index (χ2n) is 7.14. The Kier molecular flexibility index (Phi) is 7.41. The van der Waals surface area contributed by atoms with Gasteiger partial charge in [-0.15, -0.1) is 0 Å². The Bertz CT molecular complexity index is 1320. The molecule has 4 rings (SSSR count). The number of carbonyl (C=O) groups excluding carboxylic acids is 2. The van der Waals surface area contributed by atoms with E-state index < -0.39 is 5.97 Å². The van der Waals surface area contributed by atoms with Crippen LogP contribution in [0.2, 0.25) is 5.02 Å². The number of thiocarbonyl (C=S) groups is 1. The highest BCUT2D eigenvalue weighted by Gasteiger charge is 2.34. The molecule has 0 unspecified atom stereocenters. The van der Waals surface area contributed by atoms with E-state index in [9.17, 15) is 9.59 Å². The molecule has 1 aliphatic heterocycles. The van der Waals surface area contributed by atoms with Crippen LogP contribution in [0.4, 0.5) is 5.69 Å². The molecule has 1 amide bonds. The molecule has 0 spiro atoms. The molecular weight excluding hydrogens is 494 g/mol. The van der Waals surface area contributed by atoms with Crippen LogP contribution in [0.5, 0.6) is 11.5 Å². The molecule has 34 heavy (non-hydrogen) atoms. The highest BCUT2D eigenvalue weighted by Crippen LogP contribution is 2.41. The van der Waals surface area contributed by atoms with E-state index in [1.165, 1.54) is 18.9 Å². The molecule has 0 aromatic heterocycles. The molecule has 174 valence electrons. The van der Waals surface area contributed by atoms with Crippen LogP contribution < -0.4 is 14.4 Å². The third kappa shape index (κ3) is 4.89. The van der Waals surface area contributed by atoms with Gasteiger partial charge in [-0.25, -0.2) is 4.79 Å². The number of fused-ring (bicyclic) bond motifs is 1. The maximum atomic E-state index is 13.3. The Labute approximate surface area is 211 Å². The van der Waals surface area contributed by atoms with Crippen LogP contribution in [-0.2, 0) is 14.3 Å². The second-order valence-corrected chi connectivity index (χ2v) is 9.23. The van der Waals surface area contributed by atoms with Crippen molar-refractivity contribution < 1.29 is 23.8 Å². The fourth-order valence-corrected chi connectivity index (χ4v) is 5.09. The molecular formula is C25H20ClNO5S2. The van der Waals surface area contributed by atoms with Crippen LogP contribution in [0.1, 0.15) is 12.5 Å². The number of halogens is 1. The smallest absolute Gasteiger partial charge is 0.344 e. The summed E-state index contributed by atoms with van der Waals surface area (Å²) in [7, 11) is 1.46. The van der Waals surface area contributed by atoms with Gasteiger partial charge in [-0.2, -0.15) is 0 Å². The highest BCUT2D eigenvalue weighted by atomic mass is 35.5. The van der Waals surface area contributed by atoms with E-state index in [2.05, 4.69) is 0 Å². The first-order valence-corrected chi connectivity index (χ1v) is 11.9. The lowest BCUT2D eigenvalue weighted by Crippen LogP contribution is -2.27. The molecule has 6 nitrogen and oxygen atoms in total. The lowest BCUT2D eigenvalue weighted by atomic mass is 10.1. The predicted octanol–water partition coefficient (Wildman–Crippen LogP) is 5.85. The average Bonchev–Trinajstić information content (AvgIpc) is 3.10. The first-order chi connectivity index (χ1) is 16.4. The van der Waals surface area contributed by atoms with Crippen LogP contribution in [0, 0.1) is 0 Å². The van der Waals surface area contributed by atoms with Gasteiger partial charge in [0.25, 0.3) is 5.91 Å². The van der Waals surface area contributed by atoms with Gasteiger partial charge in [0.05, 0.1) is 29.3 Å². The monoisotopic (exact) mass is 513 g/mol. The molecule has 0 aliphatic carbocycles. The van der Waals surface area contributed by atoms with E-state index in [1.807, 2.05) is 42.5 Å². The number of hydrogen-bond donors (Lipinski definition) is 0. The van der Waals surface area contributed by atoms with E-state index in [1.54, 1.807) is 30.0 Å². The maximum absolute atomic E-state index is 13.3. The predicted molar refractivity (Wildman–Crippen MR) is 140 cm³/mol. The van der Waals surface area contributed by atoms with Crippen molar-refractivity contribution in [2.45, 2.75) is 6.92 Å². The summed E-state index contributed by atoms with van der Waals surface area (Å²) < 4.78 is 16.2. The van der Waals surface area contributed by atoms with Gasteiger partial charge in [-0.3, -0.25) is 9.69 Å². The number of thioether (sulfide) groups is 1. The van der Waals surface area contributed by atoms with Crippen molar-refractivity contribution in [2.75, 3.05) is 25.2 Å². The van der Waals surface area contributed by atoms with Crippen molar-refractivity contribution in [3.63, 3.8) is 0 Å². The van der Waals surface area contributed by atoms with Gasteiger partial charge >= 0.3 is 5.97 Å². The van der Waals surface area contributed by atoms with Gasteiger partial charge in [0.1, 0.15) is 0 Å². The molecule has 0 saturated carbocycles. The molecule has 0 bridgehead atoms. The van der Waals surface area contributed by atoms with Crippen molar-refractivity contribution in [3.05, 3.63) is 70.1 Å². The number of amides is 1. The molecule has 9 heteroatoms. The first kappa shape index (κ1) is 24.1. The van der Waals surface area contributed by atoms with Crippen molar-refractivity contribution >= 4 is 74.3 Å².